The standard InChI is InChI=1S/C14H13N7.C14H12N6.2C12H10ClN5O.C11H11N5OS/c1-7-18-9-4-3-8(5-10(9)19-7)12-11-13(15)16-6-17-14(11)21(2)20-12;1-20-14-11(13(15)17-7-18-14)12(19-20)9-3-2-8-4-5-16-10(8)6-9;1-18-12-9(11(14)15-5-16-12)10(17-18)7-4-6(19)2-3-8(7)13;1-18-12-9(11(14)15-5-16-12)10(17-18)6-2-3-7(13)8(19)4-6;1-16-11-8(10(12)13-5-14-11)9(15-16)6-2-7(3-17)18-4-6/h3-6H,1-2H3,(H,18,19)(H2,15,16,17);2-7,16H,1H3,(H2,15,17,18);2*2-5,19H,1H3,(H2,14,15,16);2,4-5,17H,3H2,1H3,(H2,12,13,14). The number of nitrogen functional groups attached to an aromatic ring is 5. The average Bonchev–Trinajstić information content (AvgIpc) is 1.68. The second kappa shape index (κ2) is 25.8. The summed E-state index contributed by atoms with van der Waals surface area (Å²) in [5.74, 6) is 2.96. The first-order valence-electron chi connectivity index (χ1n) is 29.1. The quantitative estimate of drug-likeness (QED) is 0.0742. The Morgan fingerprint density at radius 2 is 0.866 bits per heavy atom. The van der Waals surface area contributed by atoms with Crippen LogP contribution in [0.5, 0.6) is 11.5 Å². The molecule has 31 nitrogen and oxygen atoms in total. The first kappa shape index (κ1) is 63.2. The lowest BCUT2D eigenvalue weighted by molar-refractivity contribution is 0.285. The van der Waals surface area contributed by atoms with Crippen molar-refractivity contribution in [2.75, 3.05) is 28.7 Å². The Hall–Kier alpha value is -12.5. The van der Waals surface area contributed by atoms with E-state index < -0.39 is 0 Å². The van der Waals surface area contributed by atoms with E-state index in [2.05, 4.69) is 102 Å². The lowest BCUT2D eigenvalue weighted by Gasteiger charge is -2.03. The van der Waals surface area contributed by atoms with E-state index in [9.17, 15) is 10.2 Å². The van der Waals surface area contributed by atoms with Crippen molar-refractivity contribution in [3.05, 3.63) is 149 Å². The fraction of sp³-hybridized carbons (Fsp3) is 0.111. The van der Waals surface area contributed by atoms with E-state index in [1.54, 1.807) is 55.7 Å². The van der Waals surface area contributed by atoms with Crippen LogP contribution in [-0.2, 0) is 41.8 Å². The number of fused-ring (bicyclic) bond motifs is 7. The number of H-pyrrole nitrogens is 2. The summed E-state index contributed by atoms with van der Waals surface area (Å²) in [7, 11) is 9.04. The number of benzene rings is 4. The number of nitrogens with two attached hydrogens (primary N) is 5. The third-order valence-electron chi connectivity index (χ3n) is 15.5. The van der Waals surface area contributed by atoms with Gasteiger partial charge in [0.05, 0.1) is 54.6 Å². The zero-order chi connectivity index (χ0) is 68.1. The van der Waals surface area contributed by atoms with Gasteiger partial charge in [-0.25, -0.2) is 78.2 Å². The molecule has 0 aliphatic rings. The van der Waals surface area contributed by atoms with Gasteiger partial charge < -0.3 is 54.0 Å². The molecule has 13 heterocycles. The van der Waals surface area contributed by atoms with Crippen LogP contribution in [0.3, 0.4) is 0 Å². The number of aliphatic hydroxyl groups is 1. The number of thiophene rings is 1. The molecule has 0 spiro atoms. The number of aromatic hydroxyl groups is 2. The molecule has 34 heteroatoms. The van der Waals surface area contributed by atoms with Crippen molar-refractivity contribution in [2.45, 2.75) is 13.5 Å². The van der Waals surface area contributed by atoms with Crippen molar-refractivity contribution in [3.63, 3.8) is 0 Å². The first-order chi connectivity index (χ1) is 46.7. The molecule has 0 aliphatic heterocycles. The Balaban J connectivity index is 0.000000109. The Bertz CT molecular complexity index is 5850. The number of aliphatic hydroxyl groups excluding tert-OH is 1. The van der Waals surface area contributed by atoms with Gasteiger partial charge in [-0.15, -0.1) is 11.3 Å². The number of rotatable bonds is 6. The summed E-state index contributed by atoms with van der Waals surface area (Å²) < 4.78 is 8.34. The Labute approximate surface area is 560 Å². The van der Waals surface area contributed by atoms with Crippen LogP contribution in [0, 0.1) is 6.92 Å². The minimum atomic E-state index is -0.00612. The molecule has 486 valence electrons. The van der Waals surface area contributed by atoms with Crippen molar-refractivity contribution < 1.29 is 15.3 Å². The third-order valence-corrected chi connectivity index (χ3v) is 17.0. The maximum absolute atomic E-state index is 9.68. The van der Waals surface area contributed by atoms with E-state index in [4.69, 9.17) is 57.0 Å². The van der Waals surface area contributed by atoms with E-state index in [1.165, 1.54) is 66.6 Å². The molecule has 0 amide bonds. The Kier molecular flexibility index (Phi) is 16.8. The van der Waals surface area contributed by atoms with Crippen LogP contribution in [0.1, 0.15) is 10.7 Å². The number of nitrogens with one attached hydrogen (secondary N) is 2. The monoisotopic (exact) mass is 1350 g/mol. The summed E-state index contributed by atoms with van der Waals surface area (Å²) in [6, 6.07) is 25.6. The van der Waals surface area contributed by atoms with Crippen molar-refractivity contribution in [2.24, 2.45) is 35.2 Å². The summed E-state index contributed by atoms with van der Waals surface area (Å²) in [4.78, 5) is 52.7. The molecule has 0 aliphatic carbocycles. The lowest BCUT2D eigenvalue weighted by atomic mass is 10.1. The number of nitrogens with zero attached hydrogens (tertiary/aromatic N) is 21. The number of hydrogen-bond acceptors (Lipinski definition) is 25. The number of halogens is 2. The molecule has 0 bridgehead atoms. The molecule has 0 fully saturated rings. The van der Waals surface area contributed by atoms with Gasteiger partial charge in [0.15, 0.2) is 28.2 Å². The highest BCUT2D eigenvalue weighted by molar-refractivity contribution is 7.10. The van der Waals surface area contributed by atoms with Gasteiger partial charge >= 0.3 is 0 Å². The molecule has 17 aromatic rings. The molecule has 0 atom stereocenters. The number of hydrogen-bond donors (Lipinski definition) is 10. The molecule has 0 saturated heterocycles. The second-order valence-corrected chi connectivity index (χ2v) is 23.6. The highest BCUT2D eigenvalue weighted by Crippen LogP contribution is 2.39. The molecule has 0 radical (unpaired) electrons. The maximum Gasteiger partial charge on any atom is 0.163 e. The van der Waals surface area contributed by atoms with Crippen LogP contribution in [0.15, 0.2) is 128 Å². The largest absolute Gasteiger partial charge is 0.508 e. The van der Waals surface area contributed by atoms with E-state index in [1.807, 2.05) is 76.0 Å². The topological polar surface area (TPSA) is 453 Å². The van der Waals surface area contributed by atoms with Gasteiger partial charge in [0.1, 0.15) is 107 Å². The number of imidazole rings is 1. The predicted molar refractivity (Wildman–Crippen MR) is 374 cm³/mol. The van der Waals surface area contributed by atoms with Gasteiger partial charge in [0.25, 0.3) is 0 Å². The average molecular weight is 1360 g/mol. The normalized spacial score (nSPS) is 11.3. The molecule has 0 unspecified atom stereocenters. The molecule has 97 heavy (non-hydrogen) atoms. The van der Waals surface area contributed by atoms with Gasteiger partial charge in [-0.1, -0.05) is 47.5 Å². The van der Waals surface area contributed by atoms with Crippen LogP contribution >= 0.6 is 34.5 Å². The summed E-state index contributed by atoms with van der Waals surface area (Å²) in [5, 5.41) is 58.1. The van der Waals surface area contributed by atoms with Crippen LogP contribution in [0.25, 0.3) is 133 Å². The van der Waals surface area contributed by atoms with Crippen LogP contribution < -0.4 is 28.7 Å². The van der Waals surface area contributed by atoms with Gasteiger partial charge in [-0.05, 0) is 73.0 Å². The van der Waals surface area contributed by atoms with Crippen LogP contribution in [0.2, 0.25) is 10.0 Å². The molecule has 13 aromatic heterocycles. The Morgan fingerprint density at radius 1 is 0.454 bits per heavy atom. The third kappa shape index (κ3) is 12.0. The number of anilines is 5. The predicted octanol–water partition coefficient (Wildman–Crippen LogP) is 9.00. The summed E-state index contributed by atoms with van der Waals surface area (Å²) in [6.45, 7) is 1.96. The lowest BCUT2D eigenvalue weighted by Crippen LogP contribution is -1.95. The van der Waals surface area contributed by atoms with Gasteiger partial charge in [0.2, 0.25) is 0 Å². The van der Waals surface area contributed by atoms with E-state index in [0.717, 1.165) is 88.5 Å². The fourth-order valence-corrected chi connectivity index (χ4v) is 12.0. The zero-order valence-corrected chi connectivity index (χ0v) is 54.4. The van der Waals surface area contributed by atoms with E-state index in [0.29, 0.717) is 84.3 Å². The molecule has 15 N–H and O–H groups in total. The zero-order valence-electron chi connectivity index (χ0n) is 52.1. The van der Waals surface area contributed by atoms with Gasteiger partial charge in [-0.2, -0.15) is 25.5 Å². The Morgan fingerprint density at radius 3 is 1.33 bits per heavy atom. The second-order valence-electron chi connectivity index (χ2n) is 21.8. The van der Waals surface area contributed by atoms with Crippen molar-refractivity contribution in [1.82, 2.24) is 114 Å². The number of aryl methyl sites for hydroxylation is 6. The highest BCUT2D eigenvalue weighted by Gasteiger charge is 2.22. The van der Waals surface area contributed by atoms with E-state index >= 15 is 0 Å². The molecule has 4 aromatic carbocycles. The van der Waals surface area contributed by atoms with Gasteiger partial charge in [-0.3, -0.25) is 0 Å². The summed E-state index contributed by atoms with van der Waals surface area (Å²) >= 11 is 13.4. The minimum absolute atomic E-state index is 0.00612. The molecule has 17 rings (SSSR count). The van der Waals surface area contributed by atoms with E-state index in [-0.39, 0.29) is 23.1 Å². The SMILES string of the molecule is Cc1nc2ccc(-c3nn(C)c4ncnc(N)c34)cc2[nH]1.Cn1nc(-c2cc(O)ccc2Cl)c2c(N)ncnc21.Cn1nc(-c2ccc(Cl)c(O)c2)c2c(N)ncnc21.Cn1nc(-c2ccc3cc[nH]c3c2)c2c(N)ncnc21.Cn1nc(-c2csc(CO)c2)c2c(N)ncnc21. The minimum Gasteiger partial charge on any atom is -0.508 e. The molecular weight excluding hydrogens is 1300 g/mol. The summed E-state index contributed by atoms with van der Waals surface area (Å²) in [6.07, 6.45) is 9.02. The van der Waals surface area contributed by atoms with Crippen LogP contribution in [0.4, 0.5) is 29.1 Å². The summed E-state index contributed by atoms with van der Waals surface area (Å²) in [5.41, 5.74) is 43.7. The molecular formula is C63H56Cl2N28O3S. The van der Waals surface area contributed by atoms with Crippen molar-refractivity contribution >= 4 is 141 Å². The molecule has 0 saturated carbocycles. The fourth-order valence-electron chi connectivity index (χ4n) is 11.0. The first-order valence-corrected chi connectivity index (χ1v) is 30.7. The smallest absolute Gasteiger partial charge is 0.163 e. The van der Waals surface area contributed by atoms with Crippen molar-refractivity contribution in [1.29, 1.82) is 0 Å². The number of aromatic nitrogens is 23. The number of aromatic amines is 2. The van der Waals surface area contributed by atoms with Crippen molar-refractivity contribution in [3.8, 4) is 67.8 Å². The van der Waals surface area contributed by atoms with Gasteiger partial charge in [0, 0.05) is 85.0 Å². The van der Waals surface area contributed by atoms with Crippen LogP contribution in [-0.4, -0.2) is 129 Å². The highest BCUT2D eigenvalue weighted by atomic mass is 35.5. The number of phenols is 2. The maximum atomic E-state index is 9.68. The number of phenolic OH excluding ortho intramolecular Hbond substituents is 2.